The van der Waals surface area contributed by atoms with E-state index in [2.05, 4.69) is 16.9 Å². The van der Waals surface area contributed by atoms with E-state index in [9.17, 15) is 9.59 Å². The van der Waals surface area contributed by atoms with Gasteiger partial charge in [0.2, 0.25) is 0 Å². The van der Waals surface area contributed by atoms with Crippen molar-refractivity contribution in [1.29, 1.82) is 0 Å². The number of aryl methyl sites for hydroxylation is 1. The summed E-state index contributed by atoms with van der Waals surface area (Å²) in [5, 5.41) is 0. The number of H-pyrrole nitrogens is 1. The zero-order valence-electron chi connectivity index (χ0n) is 10.4. The number of nitrogens with zero attached hydrogens (tertiary/aromatic N) is 3. The van der Waals surface area contributed by atoms with Crippen LogP contribution in [0.1, 0.15) is 32.0 Å². The number of imidazole rings is 1. The van der Waals surface area contributed by atoms with Crippen molar-refractivity contribution in [3.05, 3.63) is 26.7 Å². The van der Waals surface area contributed by atoms with Crippen molar-refractivity contribution in [1.82, 2.24) is 19.1 Å². The number of nitrogens with one attached hydrogen (secondary N) is 1. The van der Waals surface area contributed by atoms with E-state index in [0.29, 0.717) is 11.2 Å². The lowest BCUT2D eigenvalue weighted by atomic mass is 10.1. The van der Waals surface area contributed by atoms with Crippen molar-refractivity contribution in [2.24, 2.45) is 14.1 Å². The number of aromatic amines is 1. The fourth-order valence-corrected chi connectivity index (χ4v) is 1.77. The smallest absolute Gasteiger partial charge is 0.332 e. The fourth-order valence-electron chi connectivity index (χ4n) is 1.77. The molecule has 0 aromatic carbocycles. The number of hydrogen-bond acceptors (Lipinski definition) is 3. The lowest BCUT2D eigenvalue weighted by Gasteiger charge is -2.01. The first-order valence-electron chi connectivity index (χ1n) is 5.63. The van der Waals surface area contributed by atoms with Crippen LogP contribution >= 0.6 is 0 Å². The van der Waals surface area contributed by atoms with Crippen molar-refractivity contribution >= 4 is 11.2 Å². The van der Waals surface area contributed by atoms with Gasteiger partial charge < -0.3 is 4.98 Å². The lowest BCUT2D eigenvalue weighted by molar-refractivity contribution is 0.688. The van der Waals surface area contributed by atoms with Gasteiger partial charge in [-0.15, -0.1) is 0 Å². The van der Waals surface area contributed by atoms with E-state index in [1.54, 1.807) is 7.05 Å². The number of hydrogen-bond donors (Lipinski definition) is 1. The molecule has 2 aromatic rings. The minimum atomic E-state index is -0.357. The van der Waals surface area contributed by atoms with E-state index < -0.39 is 0 Å². The van der Waals surface area contributed by atoms with E-state index >= 15 is 0 Å². The molecule has 0 aliphatic rings. The molecule has 6 heteroatoms. The van der Waals surface area contributed by atoms with E-state index in [1.807, 2.05) is 6.92 Å². The lowest BCUT2D eigenvalue weighted by Crippen LogP contribution is -2.36. The minimum absolute atomic E-state index is 0.238. The molecule has 0 saturated carbocycles. The summed E-state index contributed by atoms with van der Waals surface area (Å²) in [5.74, 6) is 0.989. The number of rotatable bonds is 2. The Hall–Kier alpha value is -1.85. The molecule has 0 aliphatic carbocycles. The largest absolute Gasteiger partial charge is 0.336 e. The summed E-state index contributed by atoms with van der Waals surface area (Å²) in [4.78, 5) is 31.0. The van der Waals surface area contributed by atoms with Crippen molar-refractivity contribution in [2.75, 3.05) is 0 Å². The van der Waals surface area contributed by atoms with Gasteiger partial charge in [-0.2, -0.15) is 0 Å². The van der Waals surface area contributed by atoms with Crippen LogP contribution in [-0.2, 0) is 14.1 Å². The third-order valence-corrected chi connectivity index (χ3v) is 3.19. The Morgan fingerprint density at radius 2 is 1.94 bits per heavy atom. The maximum atomic E-state index is 11.9. The number of aromatic nitrogens is 4. The topological polar surface area (TPSA) is 72.7 Å². The van der Waals surface area contributed by atoms with Crippen LogP contribution in [0.3, 0.4) is 0 Å². The Kier molecular flexibility index (Phi) is 2.65. The maximum Gasteiger partial charge on any atom is 0.332 e. The van der Waals surface area contributed by atoms with Crippen LogP contribution in [0, 0.1) is 0 Å². The van der Waals surface area contributed by atoms with Crippen molar-refractivity contribution in [3.8, 4) is 0 Å². The standard InChI is InChI=1S/C11H16N4O2/c1-5-6(2)8-12-7-9(13-8)14(3)11(17)15(4)10(7)16/h6H,5H2,1-4H3,(H,12,13). The van der Waals surface area contributed by atoms with Crippen LogP contribution in [0.4, 0.5) is 0 Å². The summed E-state index contributed by atoms with van der Waals surface area (Å²) in [6.45, 7) is 4.08. The van der Waals surface area contributed by atoms with Gasteiger partial charge in [-0.05, 0) is 6.42 Å². The molecular formula is C11H16N4O2. The van der Waals surface area contributed by atoms with Crippen LogP contribution in [0.15, 0.2) is 9.59 Å². The highest BCUT2D eigenvalue weighted by atomic mass is 16.2. The van der Waals surface area contributed by atoms with Gasteiger partial charge in [0.1, 0.15) is 11.3 Å². The van der Waals surface area contributed by atoms with E-state index in [-0.39, 0.29) is 17.2 Å². The molecule has 0 radical (unpaired) electrons. The molecule has 0 saturated heterocycles. The number of fused-ring (bicyclic) bond motifs is 1. The molecule has 2 heterocycles. The van der Waals surface area contributed by atoms with Crippen LogP contribution in [0.5, 0.6) is 0 Å². The zero-order valence-corrected chi connectivity index (χ0v) is 10.4. The predicted octanol–water partition coefficient (Wildman–Crippen LogP) is 0.474. The van der Waals surface area contributed by atoms with Crippen molar-refractivity contribution < 1.29 is 0 Å². The fraction of sp³-hybridized carbons (Fsp3) is 0.545. The van der Waals surface area contributed by atoms with Gasteiger partial charge in [0, 0.05) is 20.0 Å². The quantitative estimate of drug-likeness (QED) is 0.824. The Labute approximate surface area is 97.9 Å². The average molecular weight is 236 g/mol. The second-order valence-electron chi connectivity index (χ2n) is 4.34. The van der Waals surface area contributed by atoms with Crippen LogP contribution in [0.25, 0.3) is 11.2 Å². The molecule has 0 aliphatic heterocycles. The van der Waals surface area contributed by atoms with Gasteiger partial charge in [-0.3, -0.25) is 13.9 Å². The molecule has 0 bridgehead atoms. The third kappa shape index (κ3) is 1.60. The first kappa shape index (κ1) is 11.6. The van der Waals surface area contributed by atoms with E-state index in [0.717, 1.165) is 16.8 Å². The predicted molar refractivity (Wildman–Crippen MR) is 65.3 cm³/mol. The van der Waals surface area contributed by atoms with Gasteiger partial charge in [-0.25, -0.2) is 9.78 Å². The SMILES string of the molecule is CCC(C)c1nc2c([nH]1)c(=O)n(C)c(=O)n2C. The monoisotopic (exact) mass is 236 g/mol. The molecule has 17 heavy (non-hydrogen) atoms. The molecule has 0 spiro atoms. The van der Waals surface area contributed by atoms with Gasteiger partial charge in [0.15, 0.2) is 5.65 Å². The molecular weight excluding hydrogens is 220 g/mol. The highest BCUT2D eigenvalue weighted by molar-refractivity contribution is 5.69. The molecule has 2 rings (SSSR count). The molecule has 0 fully saturated rings. The first-order chi connectivity index (χ1) is 7.97. The molecule has 1 unspecified atom stereocenters. The maximum absolute atomic E-state index is 11.9. The minimum Gasteiger partial charge on any atom is -0.336 e. The van der Waals surface area contributed by atoms with E-state index in [4.69, 9.17) is 0 Å². The second-order valence-corrected chi connectivity index (χ2v) is 4.34. The van der Waals surface area contributed by atoms with Gasteiger partial charge >= 0.3 is 5.69 Å². The Bertz CT molecular complexity index is 677. The van der Waals surface area contributed by atoms with Crippen LogP contribution < -0.4 is 11.2 Å². The highest BCUT2D eigenvalue weighted by Gasteiger charge is 2.15. The summed E-state index contributed by atoms with van der Waals surface area (Å²) in [7, 11) is 3.08. The molecule has 92 valence electrons. The summed E-state index contributed by atoms with van der Waals surface area (Å²) in [6.07, 6.45) is 0.925. The summed E-state index contributed by atoms with van der Waals surface area (Å²) in [5.41, 5.74) is 0.133. The van der Waals surface area contributed by atoms with Crippen LogP contribution in [-0.4, -0.2) is 19.1 Å². The average Bonchev–Trinajstić information content (AvgIpc) is 2.77. The van der Waals surface area contributed by atoms with Gasteiger partial charge in [0.25, 0.3) is 5.56 Å². The molecule has 0 amide bonds. The molecule has 6 nitrogen and oxygen atoms in total. The van der Waals surface area contributed by atoms with Crippen molar-refractivity contribution in [3.63, 3.8) is 0 Å². The Morgan fingerprint density at radius 1 is 1.29 bits per heavy atom. The normalized spacial score (nSPS) is 13.2. The third-order valence-electron chi connectivity index (χ3n) is 3.19. The Balaban J connectivity index is 2.86. The van der Waals surface area contributed by atoms with Gasteiger partial charge in [-0.1, -0.05) is 13.8 Å². The summed E-state index contributed by atoms with van der Waals surface area (Å²) >= 11 is 0. The van der Waals surface area contributed by atoms with Gasteiger partial charge in [0.05, 0.1) is 0 Å². The van der Waals surface area contributed by atoms with Crippen molar-refractivity contribution in [2.45, 2.75) is 26.2 Å². The first-order valence-corrected chi connectivity index (χ1v) is 5.63. The highest BCUT2D eigenvalue weighted by Crippen LogP contribution is 2.16. The molecule has 1 atom stereocenters. The zero-order chi connectivity index (χ0) is 12.7. The molecule has 2 aromatic heterocycles. The van der Waals surface area contributed by atoms with E-state index in [1.165, 1.54) is 11.6 Å². The molecule has 1 N–H and O–H groups in total. The van der Waals surface area contributed by atoms with Crippen LogP contribution in [0.2, 0.25) is 0 Å². The summed E-state index contributed by atoms with van der Waals surface area (Å²) in [6, 6.07) is 0. The second kappa shape index (κ2) is 3.87. The summed E-state index contributed by atoms with van der Waals surface area (Å²) < 4.78 is 2.47. The Morgan fingerprint density at radius 3 is 2.53 bits per heavy atom.